The Balaban J connectivity index is 1.74. The van der Waals surface area contributed by atoms with Gasteiger partial charge in [-0.25, -0.2) is 0 Å². The second-order valence-electron chi connectivity index (χ2n) is 15.4. The molecule has 0 atom stereocenters. The van der Waals surface area contributed by atoms with Gasteiger partial charge in [-0.2, -0.15) is 0 Å². The summed E-state index contributed by atoms with van der Waals surface area (Å²) in [7, 11) is 0. The predicted octanol–water partition coefficient (Wildman–Crippen LogP) is 8.44. The van der Waals surface area contributed by atoms with E-state index in [1.807, 2.05) is 12.2 Å². The van der Waals surface area contributed by atoms with Crippen LogP contribution in [0.15, 0.2) is 24.3 Å². The van der Waals surface area contributed by atoms with Crippen molar-refractivity contribution in [1.29, 1.82) is 0 Å². The lowest BCUT2D eigenvalue weighted by molar-refractivity contribution is -0.171. The largest absolute Gasteiger partial charge is 0.465 e. The van der Waals surface area contributed by atoms with Crippen LogP contribution in [0.5, 0.6) is 0 Å². The number of fused-ring (bicyclic) bond motifs is 2. The van der Waals surface area contributed by atoms with Crippen LogP contribution < -0.4 is 0 Å². The second-order valence-corrected chi connectivity index (χ2v) is 15.4. The van der Waals surface area contributed by atoms with Gasteiger partial charge < -0.3 is 28.8 Å². The van der Waals surface area contributed by atoms with Gasteiger partial charge in [0.05, 0.1) is 30.7 Å². The third-order valence-electron chi connectivity index (χ3n) is 10.5. The SMILES string of the molecule is CCCCC/C=C\CCOC(=O)CCCCC(=O)OCC(CO)(COC(=O)CCCCC(=O)OCC/C=C\CCCCC)COC(=O)C12CCC(CC1)C2. The number of hydrogen-bond donors (Lipinski definition) is 1. The summed E-state index contributed by atoms with van der Waals surface area (Å²) in [5.41, 5.74) is -1.84. The number of carbonyl (C=O) groups is 5. The van der Waals surface area contributed by atoms with Crippen molar-refractivity contribution >= 4 is 29.8 Å². The Kier molecular flexibility index (Phi) is 24.5. The second kappa shape index (κ2) is 28.2. The quantitative estimate of drug-likeness (QED) is 0.0304. The molecule has 2 aliphatic rings. The molecule has 0 amide bonds. The van der Waals surface area contributed by atoms with Gasteiger partial charge in [0.2, 0.25) is 0 Å². The first kappa shape index (κ1) is 46.9. The van der Waals surface area contributed by atoms with Crippen LogP contribution in [0.1, 0.15) is 162 Å². The van der Waals surface area contributed by atoms with Gasteiger partial charge in [-0.15, -0.1) is 0 Å². The number of ether oxygens (including phenoxy) is 5. The smallest absolute Gasteiger partial charge is 0.312 e. The molecule has 2 aliphatic carbocycles. The Labute approximate surface area is 324 Å². The van der Waals surface area contributed by atoms with E-state index in [4.69, 9.17) is 23.7 Å². The summed E-state index contributed by atoms with van der Waals surface area (Å²) in [5.74, 6) is -1.46. The van der Waals surface area contributed by atoms with Crippen LogP contribution >= 0.6 is 0 Å². The van der Waals surface area contributed by atoms with Crippen molar-refractivity contribution in [2.24, 2.45) is 16.7 Å². The highest BCUT2D eigenvalue weighted by Gasteiger charge is 2.51. The van der Waals surface area contributed by atoms with E-state index in [9.17, 15) is 29.1 Å². The lowest BCUT2D eigenvalue weighted by atomic mass is 9.84. The summed E-state index contributed by atoms with van der Waals surface area (Å²) in [6.45, 7) is 3.56. The maximum absolute atomic E-state index is 13.2. The summed E-state index contributed by atoms with van der Waals surface area (Å²) in [6, 6.07) is 0. The molecule has 0 saturated heterocycles. The topological polar surface area (TPSA) is 152 Å². The molecule has 11 heteroatoms. The summed E-state index contributed by atoms with van der Waals surface area (Å²) in [4.78, 5) is 62.7. The van der Waals surface area contributed by atoms with Crippen molar-refractivity contribution in [3.63, 3.8) is 0 Å². The van der Waals surface area contributed by atoms with Crippen LogP contribution in [-0.2, 0) is 47.7 Å². The molecule has 0 aliphatic heterocycles. The van der Waals surface area contributed by atoms with Gasteiger partial charge in [0.25, 0.3) is 0 Å². The molecule has 2 fully saturated rings. The van der Waals surface area contributed by atoms with Gasteiger partial charge in [-0.05, 0) is 102 Å². The van der Waals surface area contributed by atoms with Gasteiger partial charge in [-0.3, -0.25) is 24.0 Å². The van der Waals surface area contributed by atoms with Crippen molar-refractivity contribution in [3.8, 4) is 0 Å². The van der Waals surface area contributed by atoms with E-state index in [0.717, 1.165) is 57.8 Å². The zero-order valence-corrected chi connectivity index (χ0v) is 33.4. The molecule has 2 bridgehead atoms. The normalized spacial score (nSPS) is 17.9. The number of rotatable bonds is 32. The minimum atomic E-state index is -1.34. The molecule has 1 N–H and O–H groups in total. The van der Waals surface area contributed by atoms with E-state index in [1.165, 1.54) is 25.7 Å². The number of hydrogen-bond acceptors (Lipinski definition) is 11. The predicted molar refractivity (Wildman–Crippen MR) is 206 cm³/mol. The van der Waals surface area contributed by atoms with Crippen molar-refractivity contribution in [2.75, 3.05) is 39.6 Å². The van der Waals surface area contributed by atoms with Crippen LogP contribution in [0.2, 0.25) is 0 Å². The zero-order valence-electron chi connectivity index (χ0n) is 33.4. The first-order valence-corrected chi connectivity index (χ1v) is 20.9. The monoisotopic (exact) mass is 762 g/mol. The van der Waals surface area contributed by atoms with Crippen molar-refractivity contribution in [2.45, 2.75) is 162 Å². The third kappa shape index (κ3) is 19.9. The van der Waals surface area contributed by atoms with Crippen LogP contribution in [0.4, 0.5) is 0 Å². The fraction of sp³-hybridized carbons (Fsp3) is 0.791. The van der Waals surface area contributed by atoms with E-state index < -0.39 is 29.4 Å². The van der Waals surface area contributed by atoms with E-state index in [0.29, 0.717) is 57.7 Å². The Morgan fingerprint density at radius 3 is 1.37 bits per heavy atom. The molecule has 2 rings (SSSR count). The average molecular weight is 763 g/mol. The summed E-state index contributed by atoms with van der Waals surface area (Å²) in [5, 5.41) is 10.5. The van der Waals surface area contributed by atoms with Crippen LogP contribution in [0, 0.1) is 16.7 Å². The molecule has 0 heterocycles. The number of aliphatic hydroxyl groups excluding tert-OH is 1. The van der Waals surface area contributed by atoms with Gasteiger partial charge in [0.1, 0.15) is 19.8 Å². The Bertz CT molecular complexity index is 1090. The van der Waals surface area contributed by atoms with Crippen molar-refractivity contribution < 1.29 is 52.8 Å². The van der Waals surface area contributed by atoms with E-state index >= 15 is 0 Å². The first-order chi connectivity index (χ1) is 26.2. The summed E-state index contributed by atoms with van der Waals surface area (Å²) in [6.07, 6.45) is 25.4. The van der Waals surface area contributed by atoms with E-state index in [2.05, 4.69) is 26.0 Å². The number of aliphatic hydroxyl groups is 1. The fourth-order valence-corrected chi connectivity index (χ4v) is 6.92. The molecule has 2 saturated carbocycles. The third-order valence-corrected chi connectivity index (χ3v) is 10.5. The van der Waals surface area contributed by atoms with Gasteiger partial charge in [-0.1, -0.05) is 63.8 Å². The van der Waals surface area contributed by atoms with Gasteiger partial charge in [0.15, 0.2) is 0 Å². The van der Waals surface area contributed by atoms with Crippen molar-refractivity contribution in [1.82, 2.24) is 0 Å². The highest BCUT2D eigenvalue weighted by atomic mass is 16.6. The molecular formula is C43H70O11. The average Bonchev–Trinajstić information content (AvgIpc) is 3.80. The first-order valence-electron chi connectivity index (χ1n) is 20.9. The zero-order chi connectivity index (χ0) is 39.3. The Hall–Kier alpha value is -3.21. The van der Waals surface area contributed by atoms with Crippen LogP contribution in [-0.4, -0.2) is 74.6 Å². The standard InChI is InChI=1S/C43H70O11/c1-3-5-7-9-11-13-19-29-50-37(45)21-15-17-23-39(47)52-33-42(32-44,35-54-41(49)43-27-25-36(31-43)26-28-43)34-53-40(48)24-18-16-22-38(46)51-30-20-14-12-10-8-6-4-2/h11-14,36,44H,3-10,15-35H2,1-2H3/b13-11-,14-12-. The number of allylic oxidation sites excluding steroid dienone is 2. The number of unbranched alkanes of at least 4 members (excludes halogenated alkanes) is 8. The lowest BCUT2D eigenvalue weighted by Crippen LogP contribution is -2.44. The molecule has 0 aromatic carbocycles. The molecule has 11 nitrogen and oxygen atoms in total. The molecule has 0 aromatic rings. The summed E-state index contributed by atoms with van der Waals surface area (Å²) >= 11 is 0. The van der Waals surface area contributed by atoms with Gasteiger partial charge in [0, 0.05) is 25.7 Å². The molecule has 0 aromatic heterocycles. The van der Waals surface area contributed by atoms with Crippen molar-refractivity contribution in [3.05, 3.63) is 24.3 Å². The van der Waals surface area contributed by atoms with Crippen LogP contribution in [0.25, 0.3) is 0 Å². The Morgan fingerprint density at radius 1 is 0.574 bits per heavy atom. The molecule has 0 spiro atoms. The molecule has 308 valence electrons. The van der Waals surface area contributed by atoms with E-state index in [1.54, 1.807) is 0 Å². The maximum atomic E-state index is 13.2. The highest BCUT2D eigenvalue weighted by Crippen LogP contribution is 2.54. The minimum absolute atomic E-state index is 0.0531. The minimum Gasteiger partial charge on any atom is -0.465 e. The molecular weight excluding hydrogens is 692 g/mol. The number of esters is 5. The molecule has 0 radical (unpaired) electrons. The lowest BCUT2D eigenvalue weighted by Gasteiger charge is -2.32. The van der Waals surface area contributed by atoms with Gasteiger partial charge >= 0.3 is 29.8 Å². The Morgan fingerprint density at radius 2 is 0.981 bits per heavy atom. The molecule has 0 unspecified atom stereocenters. The summed E-state index contributed by atoms with van der Waals surface area (Å²) < 4.78 is 27.3. The maximum Gasteiger partial charge on any atom is 0.312 e. The molecule has 54 heavy (non-hydrogen) atoms. The number of carbonyl (C=O) groups excluding carboxylic acids is 5. The fourth-order valence-electron chi connectivity index (χ4n) is 6.92. The highest BCUT2D eigenvalue weighted by molar-refractivity contribution is 5.78. The van der Waals surface area contributed by atoms with E-state index in [-0.39, 0.29) is 63.4 Å². The van der Waals surface area contributed by atoms with Crippen LogP contribution in [0.3, 0.4) is 0 Å².